The van der Waals surface area contributed by atoms with Gasteiger partial charge in [-0.1, -0.05) is 48.0 Å². The van der Waals surface area contributed by atoms with Crippen molar-refractivity contribution >= 4 is 40.0 Å². The van der Waals surface area contributed by atoms with Gasteiger partial charge >= 0.3 is 6.03 Å². The number of methoxy groups -OCH3 is 1. The summed E-state index contributed by atoms with van der Waals surface area (Å²) in [6.45, 7) is 0. The van der Waals surface area contributed by atoms with Crippen molar-refractivity contribution in [2.45, 2.75) is 31.2 Å². The number of benzene rings is 2. The van der Waals surface area contributed by atoms with E-state index in [1.54, 1.807) is 24.2 Å². The van der Waals surface area contributed by atoms with Crippen molar-refractivity contribution in [3.63, 3.8) is 0 Å². The molecule has 1 aliphatic heterocycles. The van der Waals surface area contributed by atoms with Crippen LogP contribution in [0.3, 0.4) is 0 Å². The first kappa shape index (κ1) is 23.5. The molecule has 2 fully saturated rings. The Morgan fingerprint density at radius 2 is 1.89 bits per heavy atom. The second kappa shape index (κ2) is 9.19. The molecule has 1 aliphatic carbocycles. The highest BCUT2D eigenvalue weighted by Gasteiger charge is 2.46. The number of imide groups is 1. The van der Waals surface area contributed by atoms with Crippen molar-refractivity contribution in [2.24, 2.45) is 13.0 Å². The number of aromatic nitrogens is 3. The van der Waals surface area contributed by atoms with Gasteiger partial charge in [0.1, 0.15) is 0 Å². The monoisotopic (exact) mass is 515 g/mol. The van der Waals surface area contributed by atoms with Gasteiger partial charge in [-0.3, -0.25) is 14.5 Å². The molecule has 3 amide bonds. The molecule has 0 bridgehead atoms. The molecule has 0 radical (unpaired) electrons. The quantitative estimate of drug-likeness (QED) is 0.398. The molecule has 1 saturated carbocycles. The largest absolute Gasteiger partial charge is 0.479 e. The molecule has 8 nitrogen and oxygen atoms in total. The molecule has 3 atom stereocenters. The number of halogens is 1. The standard InChI is InChI=1S/C28H26ClN5O3/c1-33-15-21(26(32-33)37-2)19-8-5-9-22(29)25(19)16-10-11-20-23(12-16)31-28(36)34(27(20)35)24-14-30-13-17-6-3-4-7-18(17)24/h3-9,13-16,20,23H,10-12H2,1-2H3,(H,31,36). The Kier molecular flexibility index (Phi) is 5.83. The summed E-state index contributed by atoms with van der Waals surface area (Å²) in [7, 11) is 3.45. The van der Waals surface area contributed by atoms with Gasteiger partial charge in [0, 0.05) is 41.3 Å². The van der Waals surface area contributed by atoms with Gasteiger partial charge in [-0.05, 0) is 42.4 Å². The van der Waals surface area contributed by atoms with Crippen LogP contribution in [0.4, 0.5) is 10.5 Å². The highest BCUT2D eigenvalue weighted by molar-refractivity contribution is 6.32. The number of carbonyl (C=O) groups excluding carboxylic acids is 2. The lowest BCUT2D eigenvalue weighted by molar-refractivity contribution is -0.124. The Morgan fingerprint density at radius 1 is 1.05 bits per heavy atom. The topological polar surface area (TPSA) is 89.4 Å². The van der Waals surface area contributed by atoms with Crippen molar-refractivity contribution in [1.29, 1.82) is 0 Å². The maximum Gasteiger partial charge on any atom is 0.329 e. The van der Waals surface area contributed by atoms with Crippen LogP contribution in [0, 0.1) is 5.92 Å². The SMILES string of the molecule is COc1nn(C)cc1-c1cccc(Cl)c1C1CCC2C(=O)N(c3cncc4ccccc34)C(=O)NC2C1. The molecule has 3 unspecified atom stereocenters. The van der Waals surface area contributed by atoms with Gasteiger partial charge in [-0.25, -0.2) is 9.69 Å². The molecule has 1 N–H and O–H groups in total. The van der Waals surface area contributed by atoms with Crippen LogP contribution in [0.1, 0.15) is 30.7 Å². The number of nitrogens with zero attached hydrogens (tertiary/aromatic N) is 4. The molecular weight excluding hydrogens is 490 g/mol. The minimum absolute atomic E-state index is 0.0636. The van der Waals surface area contributed by atoms with Gasteiger partial charge in [0.05, 0.1) is 30.5 Å². The highest BCUT2D eigenvalue weighted by Crippen LogP contribution is 2.46. The van der Waals surface area contributed by atoms with Crippen molar-refractivity contribution in [1.82, 2.24) is 20.1 Å². The maximum absolute atomic E-state index is 13.7. The smallest absolute Gasteiger partial charge is 0.329 e. The second-order valence-electron chi connectivity index (χ2n) is 9.65. The summed E-state index contributed by atoms with van der Waals surface area (Å²) < 4.78 is 7.23. The third kappa shape index (κ3) is 3.92. The lowest BCUT2D eigenvalue weighted by atomic mass is 9.73. The molecule has 37 heavy (non-hydrogen) atoms. The summed E-state index contributed by atoms with van der Waals surface area (Å²) in [5, 5.41) is 9.88. The molecule has 2 aromatic carbocycles. The average molecular weight is 516 g/mol. The molecular formula is C28H26ClN5O3. The fraction of sp³-hybridized carbons (Fsp3) is 0.286. The predicted octanol–water partition coefficient (Wildman–Crippen LogP) is 5.31. The van der Waals surface area contributed by atoms with Crippen LogP contribution in [0.25, 0.3) is 21.9 Å². The van der Waals surface area contributed by atoms with E-state index in [4.69, 9.17) is 16.3 Å². The zero-order valence-corrected chi connectivity index (χ0v) is 21.3. The van der Waals surface area contributed by atoms with E-state index in [0.29, 0.717) is 29.4 Å². The van der Waals surface area contributed by atoms with E-state index < -0.39 is 6.03 Å². The number of anilines is 1. The van der Waals surface area contributed by atoms with E-state index >= 15 is 0 Å². The first-order valence-corrected chi connectivity index (χ1v) is 12.7. The molecule has 2 aromatic heterocycles. The van der Waals surface area contributed by atoms with Gasteiger partial charge in [0.25, 0.3) is 0 Å². The normalized spacial score (nSPS) is 21.6. The van der Waals surface area contributed by atoms with Gasteiger partial charge in [0.2, 0.25) is 11.8 Å². The van der Waals surface area contributed by atoms with Crippen molar-refractivity contribution in [3.8, 4) is 17.0 Å². The van der Waals surface area contributed by atoms with Crippen LogP contribution in [-0.4, -0.2) is 39.9 Å². The number of rotatable bonds is 4. The summed E-state index contributed by atoms with van der Waals surface area (Å²) in [4.78, 5) is 32.5. The van der Waals surface area contributed by atoms with E-state index in [2.05, 4.69) is 15.4 Å². The van der Waals surface area contributed by atoms with Crippen LogP contribution in [-0.2, 0) is 11.8 Å². The number of urea groups is 1. The number of fused-ring (bicyclic) bond motifs is 2. The number of aryl methyl sites for hydroxylation is 1. The Labute approximate surface area is 219 Å². The van der Waals surface area contributed by atoms with E-state index in [0.717, 1.165) is 33.9 Å². The van der Waals surface area contributed by atoms with Crippen molar-refractivity contribution < 1.29 is 14.3 Å². The number of hydrogen-bond acceptors (Lipinski definition) is 5. The average Bonchev–Trinajstić information content (AvgIpc) is 3.29. The fourth-order valence-corrected chi connectivity index (χ4v) is 6.20. The third-order valence-corrected chi connectivity index (χ3v) is 7.86. The highest BCUT2D eigenvalue weighted by atomic mass is 35.5. The number of nitrogens with one attached hydrogen (secondary N) is 1. The van der Waals surface area contributed by atoms with Crippen molar-refractivity contribution in [2.75, 3.05) is 12.0 Å². The number of hydrogen-bond donors (Lipinski definition) is 1. The van der Waals surface area contributed by atoms with Crippen molar-refractivity contribution in [3.05, 3.63) is 71.6 Å². The van der Waals surface area contributed by atoms with Crippen LogP contribution in [0.15, 0.2) is 61.1 Å². The predicted molar refractivity (Wildman–Crippen MR) is 142 cm³/mol. The zero-order chi connectivity index (χ0) is 25.7. The van der Waals surface area contributed by atoms with Crippen LogP contribution >= 0.6 is 11.6 Å². The molecule has 4 aromatic rings. The minimum atomic E-state index is -0.418. The summed E-state index contributed by atoms with van der Waals surface area (Å²) >= 11 is 6.77. The molecule has 6 rings (SSSR count). The summed E-state index contributed by atoms with van der Waals surface area (Å²) in [5.41, 5.74) is 3.33. The van der Waals surface area contributed by atoms with Crippen LogP contribution < -0.4 is 15.0 Å². The number of pyridine rings is 1. The summed E-state index contributed by atoms with van der Waals surface area (Å²) in [6.07, 6.45) is 7.26. The van der Waals surface area contributed by atoms with E-state index in [1.165, 1.54) is 4.90 Å². The Bertz CT molecular complexity index is 1530. The number of carbonyl (C=O) groups is 2. The van der Waals surface area contributed by atoms with Gasteiger partial charge in [-0.2, -0.15) is 0 Å². The second-order valence-corrected chi connectivity index (χ2v) is 10.1. The summed E-state index contributed by atoms with van der Waals surface area (Å²) in [5.74, 6) is 0.0966. The third-order valence-electron chi connectivity index (χ3n) is 7.53. The first-order valence-electron chi connectivity index (χ1n) is 12.3. The number of amides is 3. The zero-order valence-electron chi connectivity index (χ0n) is 20.5. The lowest BCUT2D eigenvalue weighted by Crippen LogP contribution is -2.61. The van der Waals surface area contributed by atoms with Gasteiger partial charge in [0.15, 0.2) is 0 Å². The van der Waals surface area contributed by atoms with E-state index in [-0.39, 0.29) is 23.8 Å². The molecule has 188 valence electrons. The Hall–Kier alpha value is -3.91. The van der Waals surface area contributed by atoms with Crippen LogP contribution in [0.2, 0.25) is 5.02 Å². The molecule has 2 aliphatic rings. The molecule has 9 heteroatoms. The van der Waals surface area contributed by atoms with Gasteiger partial charge in [-0.15, -0.1) is 5.10 Å². The van der Waals surface area contributed by atoms with E-state index in [1.807, 2.05) is 55.7 Å². The van der Waals surface area contributed by atoms with Gasteiger partial charge < -0.3 is 10.1 Å². The molecule has 3 heterocycles. The van der Waals surface area contributed by atoms with Crippen LogP contribution in [0.5, 0.6) is 5.88 Å². The maximum atomic E-state index is 13.7. The molecule has 0 spiro atoms. The minimum Gasteiger partial charge on any atom is -0.479 e. The van der Waals surface area contributed by atoms with E-state index in [9.17, 15) is 9.59 Å². The summed E-state index contributed by atoms with van der Waals surface area (Å²) in [6, 6.07) is 12.8. The Morgan fingerprint density at radius 3 is 2.73 bits per heavy atom. The molecule has 1 saturated heterocycles. The fourth-order valence-electron chi connectivity index (χ4n) is 5.87. The first-order chi connectivity index (χ1) is 18.0. The Balaban J connectivity index is 1.32. The lowest BCUT2D eigenvalue weighted by Gasteiger charge is -2.43. The number of ether oxygens (including phenoxy) is 1.